The number of aryl methyl sites for hydroxylation is 3. The Morgan fingerprint density at radius 2 is 2.14 bits per heavy atom. The Hall–Kier alpha value is -1.27. The fraction of sp³-hybridized carbons (Fsp3) is 0.667. The third kappa shape index (κ3) is 3.89. The van der Waals surface area contributed by atoms with Crippen LogP contribution in [0, 0.1) is 6.92 Å². The minimum Gasteiger partial charge on any atom is -0.309 e. The van der Waals surface area contributed by atoms with Gasteiger partial charge in [0.05, 0.1) is 22.3 Å². The summed E-state index contributed by atoms with van der Waals surface area (Å²) in [6, 6.07) is 2.50. The molecule has 2 rings (SSSR count). The quantitative estimate of drug-likeness (QED) is 0.814. The van der Waals surface area contributed by atoms with E-state index in [1.54, 1.807) is 0 Å². The van der Waals surface area contributed by atoms with E-state index in [-0.39, 0.29) is 6.04 Å². The van der Waals surface area contributed by atoms with Gasteiger partial charge in [0, 0.05) is 18.7 Å². The summed E-state index contributed by atoms with van der Waals surface area (Å²) in [6.07, 6.45) is 3.04. The van der Waals surface area contributed by atoms with E-state index in [1.807, 2.05) is 6.92 Å². The second kappa shape index (κ2) is 7.66. The molecule has 0 aliphatic heterocycles. The predicted octanol–water partition coefficient (Wildman–Crippen LogP) is 2.91. The first-order valence-electron chi connectivity index (χ1n) is 7.77. The summed E-state index contributed by atoms with van der Waals surface area (Å²) >= 11 is 1.50. The highest BCUT2D eigenvalue weighted by atomic mass is 32.1. The Morgan fingerprint density at radius 3 is 2.71 bits per heavy atom. The van der Waals surface area contributed by atoms with Crippen LogP contribution in [0.3, 0.4) is 0 Å². The van der Waals surface area contributed by atoms with Crippen molar-refractivity contribution in [2.45, 2.75) is 59.5 Å². The van der Waals surface area contributed by atoms with E-state index in [1.165, 1.54) is 27.8 Å². The smallest absolute Gasteiger partial charge is 0.0772 e. The molecule has 0 saturated carbocycles. The average molecular weight is 307 g/mol. The lowest BCUT2D eigenvalue weighted by atomic mass is 10.1. The molecule has 0 aromatic carbocycles. The zero-order valence-corrected chi connectivity index (χ0v) is 14.2. The van der Waals surface area contributed by atoms with Crippen LogP contribution in [0.4, 0.5) is 0 Å². The second-order valence-electron chi connectivity index (χ2n) is 5.23. The van der Waals surface area contributed by atoms with Crippen molar-refractivity contribution in [1.29, 1.82) is 0 Å². The van der Waals surface area contributed by atoms with Crippen molar-refractivity contribution in [2.75, 3.05) is 6.54 Å². The van der Waals surface area contributed by atoms with Crippen LogP contribution in [0.25, 0.3) is 0 Å². The first-order chi connectivity index (χ1) is 10.2. The SMILES string of the molecule is CCCNC(Cc1cc(CC)nn1CC)c1snnc1C. The highest BCUT2D eigenvalue weighted by Crippen LogP contribution is 2.24. The number of aromatic nitrogens is 4. The molecule has 0 radical (unpaired) electrons. The summed E-state index contributed by atoms with van der Waals surface area (Å²) in [7, 11) is 0. The van der Waals surface area contributed by atoms with Crippen LogP contribution < -0.4 is 5.32 Å². The van der Waals surface area contributed by atoms with E-state index in [4.69, 9.17) is 0 Å². The van der Waals surface area contributed by atoms with Gasteiger partial charge >= 0.3 is 0 Å². The molecule has 0 amide bonds. The van der Waals surface area contributed by atoms with E-state index in [0.717, 1.165) is 38.0 Å². The molecule has 0 bridgehead atoms. The third-order valence-corrected chi connectivity index (χ3v) is 4.57. The van der Waals surface area contributed by atoms with E-state index in [0.29, 0.717) is 0 Å². The zero-order chi connectivity index (χ0) is 15.2. The number of hydrogen-bond donors (Lipinski definition) is 1. The molecule has 0 aliphatic rings. The number of rotatable bonds is 8. The minimum absolute atomic E-state index is 0.275. The monoisotopic (exact) mass is 307 g/mol. The van der Waals surface area contributed by atoms with Crippen LogP contribution in [0.5, 0.6) is 0 Å². The summed E-state index contributed by atoms with van der Waals surface area (Å²) in [4.78, 5) is 1.24. The van der Waals surface area contributed by atoms with E-state index in [2.05, 4.69) is 51.5 Å². The number of nitrogens with zero attached hydrogens (tertiary/aromatic N) is 4. The standard InChI is InChI=1S/C15H25N5S/c1-5-8-16-14(15-11(4)17-19-21-15)10-13-9-12(6-2)18-20(13)7-3/h9,14,16H,5-8,10H2,1-4H3. The Kier molecular flexibility index (Phi) is 5.87. The highest BCUT2D eigenvalue weighted by Gasteiger charge is 2.19. The molecule has 5 nitrogen and oxygen atoms in total. The molecule has 2 aromatic rings. The summed E-state index contributed by atoms with van der Waals surface area (Å²) in [5.41, 5.74) is 3.49. The van der Waals surface area contributed by atoms with Crippen LogP contribution in [0.1, 0.15) is 55.2 Å². The average Bonchev–Trinajstić information content (AvgIpc) is 3.09. The summed E-state index contributed by atoms with van der Waals surface area (Å²) in [5, 5.41) is 12.4. The minimum atomic E-state index is 0.275. The van der Waals surface area contributed by atoms with Gasteiger partial charge in [-0.15, -0.1) is 5.10 Å². The van der Waals surface area contributed by atoms with Crippen LogP contribution >= 0.6 is 11.5 Å². The summed E-state index contributed by atoms with van der Waals surface area (Å²) in [6.45, 7) is 10.4. The molecule has 21 heavy (non-hydrogen) atoms. The Balaban J connectivity index is 2.22. The first kappa shape index (κ1) is 16.1. The fourth-order valence-electron chi connectivity index (χ4n) is 2.47. The maximum atomic E-state index is 4.65. The van der Waals surface area contributed by atoms with E-state index >= 15 is 0 Å². The number of hydrogen-bond acceptors (Lipinski definition) is 5. The van der Waals surface area contributed by atoms with E-state index in [9.17, 15) is 0 Å². The van der Waals surface area contributed by atoms with Gasteiger partial charge in [0.15, 0.2) is 0 Å². The largest absolute Gasteiger partial charge is 0.309 e. The normalized spacial score (nSPS) is 12.8. The highest BCUT2D eigenvalue weighted by molar-refractivity contribution is 7.05. The molecule has 0 spiro atoms. The maximum Gasteiger partial charge on any atom is 0.0772 e. The van der Waals surface area contributed by atoms with Crippen molar-refractivity contribution in [3.05, 3.63) is 28.0 Å². The Labute approximate surface area is 130 Å². The van der Waals surface area contributed by atoms with Gasteiger partial charge in [0.1, 0.15) is 0 Å². The molecule has 1 N–H and O–H groups in total. The van der Waals surface area contributed by atoms with E-state index < -0.39 is 0 Å². The van der Waals surface area contributed by atoms with Crippen molar-refractivity contribution in [2.24, 2.45) is 0 Å². The lowest BCUT2D eigenvalue weighted by Gasteiger charge is -2.17. The van der Waals surface area contributed by atoms with Gasteiger partial charge in [-0.05, 0) is 50.8 Å². The maximum absolute atomic E-state index is 4.65. The first-order valence-corrected chi connectivity index (χ1v) is 8.54. The van der Waals surface area contributed by atoms with Crippen LogP contribution in [-0.4, -0.2) is 25.9 Å². The van der Waals surface area contributed by atoms with Crippen LogP contribution in [0.15, 0.2) is 6.07 Å². The molecular weight excluding hydrogens is 282 g/mol. The lowest BCUT2D eigenvalue weighted by Crippen LogP contribution is -2.25. The predicted molar refractivity (Wildman–Crippen MR) is 86.7 cm³/mol. The molecular formula is C15H25N5S. The Morgan fingerprint density at radius 1 is 1.33 bits per heavy atom. The zero-order valence-electron chi connectivity index (χ0n) is 13.4. The van der Waals surface area contributed by atoms with Crippen molar-refractivity contribution in [3.8, 4) is 0 Å². The van der Waals surface area contributed by atoms with Crippen LogP contribution in [-0.2, 0) is 19.4 Å². The molecule has 6 heteroatoms. The number of nitrogens with one attached hydrogen (secondary N) is 1. The van der Waals surface area contributed by atoms with Gasteiger partial charge < -0.3 is 5.32 Å². The van der Waals surface area contributed by atoms with Crippen molar-refractivity contribution < 1.29 is 0 Å². The van der Waals surface area contributed by atoms with Crippen molar-refractivity contribution in [3.63, 3.8) is 0 Å². The summed E-state index contributed by atoms with van der Waals surface area (Å²) in [5.74, 6) is 0. The molecule has 2 heterocycles. The second-order valence-corrected chi connectivity index (χ2v) is 6.02. The van der Waals surface area contributed by atoms with Crippen molar-refractivity contribution in [1.82, 2.24) is 24.7 Å². The Bertz CT molecular complexity index is 560. The van der Waals surface area contributed by atoms with Gasteiger partial charge in [0.2, 0.25) is 0 Å². The summed E-state index contributed by atoms with van der Waals surface area (Å²) < 4.78 is 6.20. The molecule has 0 saturated heterocycles. The third-order valence-electron chi connectivity index (χ3n) is 3.63. The van der Waals surface area contributed by atoms with Crippen LogP contribution in [0.2, 0.25) is 0 Å². The van der Waals surface area contributed by atoms with Gasteiger partial charge in [-0.25, -0.2) is 0 Å². The molecule has 0 fully saturated rings. The molecule has 1 unspecified atom stereocenters. The molecule has 0 aliphatic carbocycles. The molecule has 1 atom stereocenters. The van der Waals surface area contributed by atoms with Crippen molar-refractivity contribution >= 4 is 11.5 Å². The van der Waals surface area contributed by atoms with Gasteiger partial charge in [0.25, 0.3) is 0 Å². The molecule has 116 valence electrons. The lowest BCUT2D eigenvalue weighted by molar-refractivity contribution is 0.506. The fourth-order valence-corrected chi connectivity index (χ4v) is 3.19. The topological polar surface area (TPSA) is 55.6 Å². The van der Waals surface area contributed by atoms with Gasteiger partial charge in [-0.2, -0.15) is 5.10 Å². The van der Waals surface area contributed by atoms with Gasteiger partial charge in [-0.3, -0.25) is 4.68 Å². The molecule has 2 aromatic heterocycles. The van der Waals surface area contributed by atoms with Gasteiger partial charge in [-0.1, -0.05) is 18.3 Å².